The highest BCUT2D eigenvalue weighted by Crippen LogP contribution is 2.19. The van der Waals surface area contributed by atoms with Gasteiger partial charge in [0.1, 0.15) is 0 Å². The fourth-order valence-corrected chi connectivity index (χ4v) is 4.33. The number of hydrogen-bond donors (Lipinski definition) is 0. The quantitative estimate of drug-likeness (QED) is 0.493. The lowest BCUT2D eigenvalue weighted by atomic mass is 10.4. The molecule has 11 heavy (non-hydrogen) atoms. The molecule has 0 spiro atoms. The molecule has 1 heterocycles. The zero-order chi connectivity index (χ0) is 8.10. The van der Waals surface area contributed by atoms with Gasteiger partial charge in [0, 0.05) is 6.61 Å². The summed E-state index contributed by atoms with van der Waals surface area (Å²) in [7, 11) is -0.623. The molecule has 0 aromatic rings. The lowest BCUT2D eigenvalue weighted by Gasteiger charge is -2.23. The number of hydrogen-bond acceptors (Lipinski definition) is 1. The molecular weight excluding hydrogens is 176 g/mol. The van der Waals surface area contributed by atoms with E-state index in [4.69, 9.17) is 16.0 Å². The molecule has 0 amide bonds. The highest BCUT2D eigenvalue weighted by Gasteiger charge is 2.24. The molecule has 0 aliphatic carbocycles. The summed E-state index contributed by atoms with van der Waals surface area (Å²) >= 11 is 6.18. The van der Waals surface area contributed by atoms with Gasteiger partial charge in [-0.2, -0.15) is 0 Å². The topological polar surface area (TPSA) is 9.23 Å². The van der Waals surface area contributed by atoms with Crippen LogP contribution in [0.4, 0.5) is 0 Å². The first kappa shape index (κ1) is 9.55. The van der Waals surface area contributed by atoms with Crippen LogP contribution in [0.3, 0.4) is 0 Å². The first-order valence-electron chi connectivity index (χ1n) is 4.47. The Bertz CT molecular complexity index is 104. The average Bonchev–Trinajstić information content (AvgIpc) is 2.07. The standard InChI is InChI=1S/C8H16ClOSi/c1-2-5-8(9)11-7-4-3-6-10-11/h8H,2-7H2,1H3. The van der Waals surface area contributed by atoms with Crippen LogP contribution >= 0.6 is 11.6 Å². The minimum atomic E-state index is -0.623. The zero-order valence-electron chi connectivity index (χ0n) is 7.11. The summed E-state index contributed by atoms with van der Waals surface area (Å²) in [6.07, 6.45) is 4.90. The van der Waals surface area contributed by atoms with E-state index in [9.17, 15) is 0 Å². The summed E-state index contributed by atoms with van der Waals surface area (Å²) in [4.78, 5) is 0. The Balaban J connectivity index is 2.21. The summed E-state index contributed by atoms with van der Waals surface area (Å²) in [6, 6.07) is 1.26. The fraction of sp³-hybridized carbons (Fsp3) is 1.00. The minimum Gasteiger partial charge on any atom is -0.415 e. The zero-order valence-corrected chi connectivity index (χ0v) is 8.86. The van der Waals surface area contributed by atoms with Gasteiger partial charge in [0.25, 0.3) is 0 Å². The van der Waals surface area contributed by atoms with Crippen LogP contribution in [0.5, 0.6) is 0 Å². The smallest absolute Gasteiger partial charge is 0.229 e. The van der Waals surface area contributed by atoms with Gasteiger partial charge in [-0.3, -0.25) is 0 Å². The van der Waals surface area contributed by atoms with Gasteiger partial charge in [-0.05, 0) is 18.9 Å². The predicted molar refractivity (Wildman–Crippen MR) is 50.3 cm³/mol. The second-order valence-electron chi connectivity index (χ2n) is 3.03. The Kier molecular flexibility index (Phi) is 4.49. The second-order valence-corrected chi connectivity index (χ2v) is 6.34. The van der Waals surface area contributed by atoms with Crippen molar-refractivity contribution in [2.45, 2.75) is 43.7 Å². The molecule has 1 aliphatic rings. The van der Waals surface area contributed by atoms with Crippen molar-refractivity contribution in [3.8, 4) is 0 Å². The van der Waals surface area contributed by atoms with Crippen LogP contribution in [-0.4, -0.2) is 20.6 Å². The van der Waals surface area contributed by atoms with Crippen molar-refractivity contribution in [1.29, 1.82) is 0 Å². The van der Waals surface area contributed by atoms with Crippen LogP contribution in [-0.2, 0) is 4.43 Å². The molecule has 1 nitrogen and oxygen atoms in total. The molecule has 0 aromatic heterocycles. The normalized spacial score (nSPS) is 23.5. The van der Waals surface area contributed by atoms with Gasteiger partial charge < -0.3 is 4.43 Å². The summed E-state index contributed by atoms with van der Waals surface area (Å²) < 4.78 is 5.66. The third-order valence-electron chi connectivity index (χ3n) is 2.00. The van der Waals surface area contributed by atoms with E-state index in [-0.39, 0.29) is 0 Å². The maximum absolute atomic E-state index is 6.18. The molecule has 0 aromatic carbocycles. The van der Waals surface area contributed by atoms with Gasteiger partial charge in [-0.25, -0.2) is 0 Å². The van der Waals surface area contributed by atoms with Crippen LogP contribution in [0.25, 0.3) is 0 Å². The lowest BCUT2D eigenvalue weighted by Crippen LogP contribution is -2.33. The van der Waals surface area contributed by atoms with E-state index in [2.05, 4.69) is 6.92 Å². The van der Waals surface area contributed by atoms with Crippen molar-refractivity contribution in [3.05, 3.63) is 0 Å². The maximum Gasteiger partial charge on any atom is 0.229 e. The van der Waals surface area contributed by atoms with E-state index < -0.39 is 9.04 Å². The van der Waals surface area contributed by atoms with Crippen LogP contribution in [0.15, 0.2) is 0 Å². The van der Waals surface area contributed by atoms with E-state index in [1.54, 1.807) is 0 Å². The Labute approximate surface area is 75.8 Å². The Morgan fingerprint density at radius 1 is 1.55 bits per heavy atom. The van der Waals surface area contributed by atoms with E-state index in [0.717, 1.165) is 13.0 Å². The van der Waals surface area contributed by atoms with Crippen LogP contribution in [0.1, 0.15) is 32.6 Å². The van der Waals surface area contributed by atoms with Crippen molar-refractivity contribution in [3.63, 3.8) is 0 Å². The molecule has 1 radical (unpaired) electrons. The molecule has 1 saturated heterocycles. The van der Waals surface area contributed by atoms with Crippen molar-refractivity contribution in [2.75, 3.05) is 6.61 Å². The molecule has 1 fully saturated rings. The first-order valence-corrected chi connectivity index (χ1v) is 6.60. The molecule has 1 atom stereocenters. The SMILES string of the molecule is CCCC(Cl)[Si]1CCCCO1. The van der Waals surface area contributed by atoms with E-state index in [0.29, 0.717) is 5.00 Å². The highest BCUT2D eigenvalue weighted by molar-refractivity contribution is 6.64. The van der Waals surface area contributed by atoms with Gasteiger partial charge >= 0.3 is 0 Å². The van der Waals surface area contributed by atoms with E-state index >= 15 is 0 Å². The molecular formula is C8H16ClOSi. The van der Waals surface area contributed by atoms with Crippen molar-refractivity contribution < 1.29 is 4.43 Å². The fourth-order valence-electron chi connectivity index (χ4n) is 1.34. The maximum atomic E-state index is 6.18. The van der Waals surface area contributed by atoms with Gasteiger partial charge in [0.2, 0.25) is 9.04 Å². The predicted octanol–water partition coefficient (Wildman–Crippen LogP) is 2.74. The van der Waals surface area contributed by atoms with Crippen LogP contribution < -0.4 is 0 Å². The van der Waals surface area contributed by atoms with Gasteiger partial charge in [-0.15, -0.1) is 11.6 Å². The molecule has 0 bridgehead atoms. The third-order valence-corrected chi connectivity index (χ3v) is 5.35. The molecule has 3 heteroatoms. The molecule has 0 saturated carbocycles. The molecule has 65 valence electrons. The third kappa shape index (κ3) is 3.14. The Morgan fingerprint density at radius 3 is 2.91 bits per heavy atom. The van der Waals surface area contributed by atoms with Crippen LogP contribution in [0.2, 0.25) is 6.04 Å². The molecule has 1 rings (SSSR count). The molecule has 1 unspecified atom stereocenters. The molecule has 0 N–H and O–H groups in total. The minimum absolute atomic E-state index is 0.352. The summed E-state index contributed by atoms with van der Waals surface area (Å²) in [6.45, 7) is 3.14. The summed E-state index contributed by atoms with van der Waals surface area (Å²) in [5.74, 6) is 0. The highest BCUT2D eigenvalue weighted by atomic mass is 35.5. The monoisotopic (exact) mass is 191 g/mol. The second kappa shape index (κ2) is 5.17. The van der Waals surface area contributed by atoms with E-state index in [1.807, 2.05) is 0 Å². The Hall–Kier alpha value is 0.467. The largest absolute Gasteiger partial charge is 0.415 e. The molecule has 1 aliphatic heterocycles. The van der Waals surface area contributed by atoms with E-state index in [1.165, 1.54) is 25.3 Å². The van der Waals surface area contributed by atoms with Gasteiger partial charge in [-0.1, -0.05) is 19.8 Å². The summed E-state index contributed by atoms with van der Waals surface area (Å²) in [5.41, 5.74) is 0. The van der Waals surface area contributed by atoms with Crippen LogP contribution in [0, 0.1) is 0 Å². The number of alkyl halides is 1. The first-order chi connectivity index (χ1) is 5.34. The Morgan fingerprint density at radius 2 is 2.36 bits per heavy atom. The number of halogens is 1. The van der Waals surface area contributed by atoms with Crippen molar-refractivity contribution in [2.24, 2.45) is 0 Å². The lowest BCUT2D eigenvalue weighted by molar-refractivity contribution is 0.284. The number of rotatable bonds is 3. The average molecular weight is 192 g/mol. The van der Waals surface area contributed by atoms with Gasteiger partial charge in [0.15, 0.2) is 0 Å². The van der Waals surface area contributed by atoms with Gasteiger partial charge in [0.05, 0.1) is 5.00 Å². The van der Waals surface area contributed by atoms with Crippen molar-refractivity contribution in [1.82, 2.24) is 0 Å². The summed E-state index contributed by atoms with van der Waals surface area (Å²) in [5, 5.41) is 0.352. The van der Waals surface area contributed by atoms with Crippen molar-refractivity contribution >= 4 is 20.6 Å².